The number of rotatable bonds is 11. The Morgan fingerprint density at radius 1 is 0.675 bits per heavy atom. The molecule has 0 spiro atoms. The molecule has 0 bridgehead atoms. The summed E-state index contributed by atoms with van der Waals surface area (Å²) in [6, 6.07) is 0. The van der Waals surface area contributed by atoms with Gasteiger partial charge in [0.2, 0.25) is 6.29 Å². The number of carbonyl (C=O) groups excluding carboxylic acids is 6. The first-order chi connectivity index (χ1) is 18.8. The molecule has 2 saturated heterocycles. The number of aliphatic hydroxyl groups is 2. The third kappa shape index (κ3) is 8.82. The van der Waals surface area contributed by atoms with Gasteiger partial charge >= 0.3 is 29.8 Å². The first kappa shape index (κ1) is 32.8. The molecule has 40 heavy (non-hydrogen) atoms. The fraction of sp³-hybridized carbons (Fsp3) is 0.739. The molecule has 0 aromatic rings. The van der Waals surface area contributed by atoms with Gasteiger partial charge in [0.1, 0.15) is 24.9 Å². The van der Waals surface area contributed by atoms with E-state index in [1.54, 1.807) is 0 Å². The molecule has 2 aliphatic rings. The van der Waals surface area contributed by atoms with Gasteiger partial charge in [-0.05, 0) is 0 Å². The van der Waals surface area contributed by atoms with Gasteiger partial charge in [0.25, 0.3) is 6.47 Å². The number of hydrogen-bond donors (Lipinski definition) is 2. The summed E-state index contributed by atoms with van der Waals surface area (Å²) >= 11 is 0. The summed E-state index contributed by atoms with van der Waals surface area (Å²) in [6.07, 6.45) is -16.1. The van der Waals surface area contributed by atoms with Gasteiger partial charge in [-0.1, -0.05) is 0 Å². The molecule has 17 heteroatoms. The molecule has 0 saturated carbocycles. The van der Waals surface area contributed by atoms with Gasteiger partial charge in [0.15, 0.2) is 36.8 Å². The van der Waals surface area contributed by atoms with Crippen molar-refractivity contribution in [1.29, 1.82) is 0 Å². The lowest BCUT2D eigenvalue weighted by Crippen LogP contribution is -2.66. The average Bonchev–Trinajstić information content (AvgIpc) is 2.84. The van der Waals surface area contributed by atoms with Crippen molar-refractivity contribution in [2.75, 3.05) is 13.2 Å². The Labute approximate surface area is 227 Å². The average molecular weight is 580 g/mol. The summed E-state index contributed by atoms with van der Waals surface area (Å²) in [5, 5.41) is 20.4. The normalized spacial score (nSPS) is 33.6. The fourth-order valence-corrected chi connectivity index (χ4v) is 4.12. The molecule has 226 valence electrons. The van der Waals surface area contributed by atoms with E-state index in [9.17, 15) is 39.0 Å². The molecule has 17 nitrogen and oxygen atoms in total. The van der Waals surface area contributed by atoms with Crippen LogP contribution in [0.5, 0.6) is 0 Å². The highest BCUT2D eigenvalue weighted by molar-refractivity contribution is 5.68. The molecule has 0 amide bonds. The minimum atomic E-state index is -1.79. The van der Waals surface area contributed by atoms with Gasteiger partial charge < -0.3 is 52.8 Å². The Morgan fingerprint density at radius 2 is 1.20 bits per heavy atom. The minimum Gasteiger partial charge on any atom is -0.463 e. The molecule has 2 rings (SSSR count). The summed E-state index contributed by atoms with van der Waals surface area (Å²) in [5.74, 6) is -4.36. The van der Waals surface area contributed by atoms with Crippen molar-refractivity contribution in [2.45, 2.75) is 96.0 Å². The van der Waals surface area contributed by atoms with Crippen molar-refractivity contribution in [1.82, 2.24) is 0 Å². The molecule has 10 atom stereocenters. The predicted molar refractivity (Wildman–Crippen MR) is 121 cm³/mol. The fourth-order valence-electron chi connectivity index (χ4n) is 4.12. The van der Waals surface area contributed by atoms with Crippen LogP contribution in [0.25, 0.3) is 0 Å². The van der Waals surface area contributed by atoms with Crippen LogP contribution >= 0.6 is 0 Å². The summed E-state index contributed by atoms with van der Waals surface area (Å²) in [5.41, 5.74) is 0. The second kappa shape index (κ2) is 14.8. The van der Waals surface area contributed by atoms with Gasteiger partial charge in [0, 0.05) is 34.6 Å². The summed E-state index contributed by atoms with van der Waals surface area (Å²) < 4.78 is 48.0. The summed E-state index contributed by atoms with van der Waals surface area (Å²) in [6.45, 7) is 3.81. The Balaban J connectivity index is 2.58. The van der Waals surface area contributed by atoms with Crippen molar-refractivity contribution in [3.63, 3.8) is 0 Å². The SMILES string of the molecule is CC(=O)OC[C@H]1O[C@H](O[C@@H]2[C@@H](OC(C)=O)O[C@@H](CO)[C@@H](O)[C@@H]2OC(C)=O)[C@@H](OC(C)=O)[C@@H](OC(C)=O)[C@@H]1OC=O. The van der Waals surface area contributed by atoms with E-state index in [2.05, 4.69) is 0 Å². The topological polar surface area (TPSA) is 226 Å². The molecule has 2 fully saturated rings. The molecule has 2 heterocycles. The molecule has 0 aromatic heterocycles. The monoisotopic (exact) mass is 580 g/mol. The standard InChI is InChI=1S/C23H32O17/c1-9(26)32-7-15-17(33-8-25)19(35-11(3)28)21(36-12(4)29)23(39-15)40-20-18(34-10(2)27)16(31)14(6-24)38-22(20)37-13(5)30/h8,14-24,31H,6-7H2,1-5H3/t14-,15+,16+,17+,18-,19-,20-,21-,22-,23+/m0/s1. The van der Waals surface area contributed by atoms with Gasteiger partial charge in [-0.3, -0.25) is 28.8 Å². The molecule has 0 radical (unpaired) electrons. The highest BCUT2D eigenvalue weighted by atomic mass is 16.8. The second-order valence-corrected chi connectivity index (χ2v) is 8.69. The van der Waals surface area contributed by atoms with Crippen LogP contribution in [0, 0.1) is 0 Å². The maximum absolute atomic E-state index is 12.0. The Hall–Kier alpha value is -3.38. The maximum Gasteiger partial charge on any atom is 0.305 e. The van der Waals surface area contributed by atoms with E-state index >= 15 is 0 Å². The van der Waals surface area contributed by atoms with Crippen LogP contribution in [-0.2, 0) is 71.4 Å². The molecule has 2 aliphatic heterocycles. The van der Waals surface area contributed by atoms with Crippen LogP contribution in [0.3, 0.4) is 0 Å². The predicted octanol–water partition coefficient (Wildman–Crippen LogP) is -2.36. The summed E-state index contributed by atoms with van der Waals surface area (Å²) in [4.78, 5) is 70.4. The molecule has 2 N–H and O–H groups in total. The number of esters is 5. The lowest BCUT2D eigenvalue weighted by molar-refractivity contribution is -0.363. The van der Waals surface area contributed by atoms with Gasteiger partial charge in [0.05, 0.1) is 6.61 Å². The smallest absolute Gasteiger partial charge is 0.305 e. The lowest BCUT2D eigenvalue weighted by atomic mass is 9.96. The van der Waals surface area contributed by atoms with E-state index in [1.807, 2.05) is 0 Å². The Bertz CT molecular complexity index is 936. The van der Waals surface area contributed by atoms with Crippen molar-refractivity contribution < 1.29 is 81.6 Å². The summed E-state index contributed by atoms with van der Waals surface area (Å²) in [7, 11) is 0. The van der Waals surface area contributed by atoms with Crippen molar-refractivity contribution in [2.24, 2.45) is 0 Å². The van der Waals surface area contributed by atoms with E-state index in [-0.39, 0.29) is 6.47 Å². The maximum atomic E-state index is 12.0. The molecular weight excluding hydrogens is 548 g/mol. The first-order valence-electron chi connectivity index (χ1n) is 12.0. The lowest BCUT2D eigenvalue weighted by Gasteiger charge is -2.47. The van der Waals surface area contributed by atoms with Crippen molar-refractivity contribution in [3.05, 3.63) is 0 Å². The second-order valence-electron chi connectivity index (χ2n) is 8.69. The van der Waals surface area contributed by atoms with Crippen LogP contribution in [-0.4, -0.2) is 121 Å². The zero-order chi connectivity index (χ0) is 30.1. The van der Waals surface area contributed by atoms with Crippen molar-refractivity contribution >= 4 is 36.3 Å². The van der Waals surface area contributed by atoms with E-state index in [0.29, 0.717) is 0 Å². The van der Waals surface area contributed by atoms with Crippen molar-refractivity contribution in [3.8, 4) is 0 Å². The van der Waals surface area contributed by atoms with E-state index in [0.717, 1.165) is 34.6 Å². The third-order valence-corrected chi connectivity index (χ3v) is 5.53. The number of hydrogen-bond acceptors (Lipinski definition) is 17. The van der Waals surface area contributed by atoms with E-state index in [1.165, 1.54) is 0 Å². The number of aliphatic hydroxyl groups excluding tert-OH is 2. The van der Waals surface area contributed by atoms with E-state index < -0.39 is 104 Å². The molecule has 0 aliphatic carbocycles. The molecule has 0 unspecified atom stereocenters. The van der Waals surface area contributed by atoms with Crippen LogP contribution in [0.15, 0.2) is 0 Å². The highest BCUT2D eigenvalue weighted by Gasteiger charge is 2.56. The Kier molecular flexibility index (Phi) is 12.2. The van der Waals surface area contributed by atoms with Crippen LogP contribution < -0.4 is 0 Å². The van der Waals surface area contributed by atoms with Crippen LogP contribution in [0.1, 0.15) is 34.6 Å². The van der Waals surface area contributed by atoms with E-state index in [4.69, 9.17) is 42.6 Å². The van der Waals surface area contributed by atoms with Gasteiger partial charge in [-0.2, -0.15) is 0 Å². The highest BCUT2D eigenvalue weighted by Crippen LogP contribution is 2.34. The first-order valence-corrected chi connectivity index (χ1v) is 12.0. The number of carbonyl (C=O) groups is 6. The van der Waals surface area contributed by atoms with Gasteiger partial charge in [-0.25, -0.2) is 0 Å². The Morgan fingerprint density at radius 3 is 1.70 bits per heavy atom. The van der Waals surface area contributed by atoms with Gasteiger partial charge in [-0.15, -0.1) is 0 Å². The zero-order valence-corrected chi connectivity index (χ0v) is 22.3. The number of ether oxygens (including phenoxy) is 9. The molecular formula is C23H32O17. The largest absolute Gasteiger partial charge is 0.463 e. The zero-order valence-electron chi connectivity index (χ0n) is 22.3. The quantitative estimate of drug-likeness (QED) is 0.148. The van der Waals surface area contributed by atoms with Crippen LogP contribution in [0.2, 0.25) is 0 Å². The van der Waals surface area contributed by atoms with Crippen LogP contribution in [0.4, 0.5) is 0 Å². The molecule has 0 aromatic carbocycles. The third-order valence-electron chi connectivity index (χ3n) is 5.53. The minimum absolute atomic E-state index is 0.00509.